The van der Waals surface area contributed by atoms with E-state index in [0.29, 0.717) is 21.9 Å². The molecule has 6 nitrogen and oxygen atoms in total. The van der Waals surface area contributed by atoms with Crippen LogP contribution < -0.4 is 15.6 Å². The number of hydrogen-bond donors (Lipinski definition) is 2. The molecular weight excluding hydrogens is 332 g/mol. The highest BCUT2D eigenvalue weighted by molar-refractivity contribution is 6.30. The van der Waals surface area contributed by atoms with Crippen LogP contribution in [0.2, 0.25) is 5.02 Å². The number of Topliss-reactive ketones (excluding diaryl/α,β-unsaturated/α-hetero) is 1. The zero-order valence-electron chi connectivity index (χ0n) is 12.8. The fourth-order valence-electron chi connectivity index (χ4n) is 1.79. The molecule has 7 heteroatoms. The van der Waals surface area contributed by atoms with Gasteiger partial charge in [0.1, 0.15) is 5.75 Å². The summed E-state index contributed by atoms with van der Waals surface area (Å²) in [5.41, 5.74) is 5.35. The number of carbonyl (C=O) groups excluding carboxylic acids is 3. The molecule has 24 heavy (non-hydrogen) atoms. The van der Waals surface area contributed by atoms with Crippen molar-refractivity contribution in [3.63, 3.8) is 0 Å². The summed E-state index contributed by atoms with van der Waals surface area (Å²) in [5, 5.41) is 0.511. The van der Waals surface area contributed by atoms with Crippen molar-refractivity contribution >= 4 is 29.2 Å². The second kappa shape index (κ2) is 8.12. The molecule has 0 radical (unpaired) electrons. The van der Waals surface area contributed by atoms with Crippen LogP contribution in [0.25, 0.3) is 0 Å². The van der Waals surface area contributed by atoms with E-state index in [1.54, 1.807) is 36.4 Å². The summed E-state index contributed by atoms with van der Waals surface area (Å²) < 4.78 is 5.28. The Morgan fingerprint density at radius 3 is 2.38 bits per heavy atom. The predicted molar refractivity (Wildman–Crippen MR) is 89.0 cm³/mol. The molecule has 0 fully saturated rings. The van der Waals surface area contributed by atoms with Crippen molar-refractivity contribution < 1.29 is 19.1 Å². The summed E-state index contributed by atoms with van der Waals surface area (Å²) >= 11 is 5.73. The Labute approximate surface area is 143 Å². The normalized spacial score (nSPS) is 9.92. The van der Waals surface area contributed by atoms with E-state index >= 15 is 0 Å². The molecule has 2 amide bonds. The van der Waals surface area contributed by atoms with E-state index in [1.807, 2.05) is 0 Å². The van der Waals surface area contributed by atoms with E-state index in [0.717, 1.165) is 0 Å². The minimum Gasteiger partial charge on any atom is -0.484 e. The Hall–Kier alpha value is -2.86. The van der Waals surface area contributed by atoms with Gasteiger partial charge < -0.3 is 4.74 Å². The monoisotopic (exact) mass is 346 g/mol. The Bertz CT molecular complexity index is 759. The average Bonchev–Trinajstić information content (AvgIpc) is 2.58. The first-order valence-electron chi connectivity index (χ1n) is 7.04. The van der Waals surface area contributed by atoms with Gasteiger partial charge in [0.2, 0.25) is 0 Å². The van der Waals surface area contributed by atoms with Gasteiger partial charge in [-0.05, 0) is 43.3 Å². The van der Waals surface area contributed by atoms with Crippen LogP contribution in [0.5, 0.6) is 5.75 Å². The van der Waals surface area contributed by atoms with Crippen molar-refractivity contribution in [2.45, 2.75) is 6.92 Å². The molecule has 2 aromatic carbocycles. The number of ether oxygens (including phenoxy) is 1. The second-order valence-electron chi connectivity index (χ2n) is 4.88. The number of benzene rings is 2. The van der Waals surface area contributed by atoms with Crippen molar-refractivity contribution in [1.82, 2.24) is 10.9 Å². The maximum Gasteiger partial charge on any atom is 0.276 e. The molecule has 124 valence electrons. The summed E-state index contributed by atoms with van der Waals surface area (Å²) in [6.07, 6.45) is 0. The molecule has 2 aromatic rings. The van der Waals surface area contributed by atoms with Crippen molar-refractivity contribution in [3.8, 4) is 5.75 Å². The molecule has 0 saturated carbocycles. The van der Waals surface area contributed by atoms with Gasteiger partial charge >= 0.3 is 0 Å². The van der Waals surface area contributed by atoms with Gasteiger partial charge in [-0.2, -0.15) is 0 Å². The van der Waals surface area contributed by atoms with Gasteiger partial charge in [0.25, 0.3) is 11.8 Å². The molecule has 0 aliphatic carbocycles. The quantitative estimate of drug-likeness (QED) is 0.643. The van der Waals surface area contributed by atoms with E-state index in [4.69, 9.17) is 16.3 Å². The molecule has 0 saturated heterocycles. The van der Waals surface area contributed by atoms with Crippen LogP contribution in [0, 0.1) is 0 Å². The first kappa shape index (κ1) is 17.5. The molecule has 0 spiro atoms. The number of ketones is 1. The highest BCUT2D eigenvalue weighted by atomic mass is 35.5. The summed E-state index contributed by atoms with van der Waals surface area (Å²) in [5.74, 6) is -0.717. The van der Waals surface area contributed by atoms with Gasteiger partial charge in [-0.1, -0.05) is 23.7 Å². The molecule has 0 aliphatic rings. The van der Waals surface area contributed by atoms with E-state index in [2.05, 4.69) is 10.9 Å². The van der Waals surface area contributed by atoms with Crippen LogP contribution in [0.15, 0.2) is 48.5 Å². The molecule has 2 rings (SSSR count). The molecule has 0 atom stereocenters. The fraction of sp³-hybridized carbons (Fsp3) is 0.118. The Morgan fingerprint density at radius 1 is 1.00 bits per heavy atom. The van der Waals surface area contributed by atoms with Crippen LogP contribution in [0.4, 0.5) is 0 Å². The molecule has 0 aromatic heterocycles. The highest BCUT2D eigenvalue weighted by Crippen LogP contribution is 2.13. The van der Waals surface area contributed by atoms with E-state index in [-0.39, 0.29) is 12.4 Å². The number of hydrogen-bond acceptors (Lipinski definition) is 4. The molecular formula is C17H15ClN2O4. The van der Waals surface area contributed by atoms with E-state index in [9.17, 15) is 14.4 Å². The maximum atomic E-state index is 11.8. The maximum absolute atomic E-state index is 11.8. The zero-order valence-corrected chi connectivity index (χ0v) is 13.6. The van der Waals surface area contributed by atoms with Crippen molar-refractivity contribution in [1.29, 1.82) is 0 Å². The lowest BCUT2D eigenvalue weighted by Crippen LogP contribution is -2.43. The lowest BCUT2D eigenvalue weighted by molar-refractivity contribution is -0.123. The topological polar surface area (TPSA) is 84.5 Å². The first-order chi connectivity index (χ1) is 11.5. The largest absolute Gasteiger partial charge is 0.484 e. The molecule has 0 bridgehead atoms. The number of halogens is 1. The Morgan fingerprint density at radius 2 is 1.71 bits per heavy atom. The number of amides is 2. The number of hydrazine groups is 1. The molecule has 0 heterocycles. The average molecular weight is 347 g/mol. The highest BCUT2D eigenvalue weighted by Gasteiger charge is 2.08. The van der Waals surface area contributed by atoms with Gasteiger partial charge in [-0.3, -0.25) is 25.2 Å². The lowest BCUT2D eigenvalue weighted by Gasteiger charge is -2.09. The third-order valence-electron chi connectivity index (χ3n) is 3.03. The number of nitrogens with one attached hydrogen (secondary N) is 2. The lowest BCUT2D eigenvalue weighted by atomic mass is 10.1. The predicted octanol–water partition coefficient (Wildman–Crippen LogP) is 2.38. The van der Waals surface area contributed by atoms with Gasteiger partial charge in [0.15, 0.2) is 12.4 Å². The van der Waals surface area contributed by atoms with Crippen LogP contribution in [-0.2, 0) is 4.79 Å². The smallest absolute Gasteiger partial charge is 0.276 e. The Kier molecular flexibility index (Phi) is 5.92. The summed E-state index contributed by atoms with van der Waals surface area (Å²) in [6.45, 7) is 1.14. The van der Waals surface area contributed by atoms with E-state index < -0.39 is 11.8 Å². The van der Waals surface area contributed by atoms with E-state index in [1.165, 1.54) is 19.1 Å². The number of rotatable bonds is 5. The van der Waals surface area contributed by atoms with Crippen molar-refractivity contribution in [2.24, 2.45) is 0 Å². The minimum atomic E-state index is -0.537. The van der Waals surface area contributed by atoms with Gasteiger partial charge in [-0.25, -0.2) is 0 Å². The fourth-order valence-corrected chi connectivity index (χ4v) is 1.92. The molecule has 0 unspecified atom stereocenters. The first-order valence-corrected chi connectivity index (χ1v) is 7.42. The van der Waals surface area contributed by atoms with Crippen LogP contribution >= 0.6 is 11.6 Å². The van der Waals surface area contributed by atoms with Gasteiger partial charge in [0, 0.05) is 16.1 Å². The van der Waals surface area contributed by atoms with Gasteiger partial charge in [0.05, 0.1) is 0 Å². The minimum absolute atomic E-state index is 0.0971. The SMILES string of the molecule is CC(=O)c1cccc(OCC(=O)NNC(=O)c2ccc(Cl)cc2)c1. The van der Waals surface area contributed by atoms with Crippen molar-refractivity contribution in [3.05, 3.63) is 64.7 Å². The van der Waals surface area contributed by atoms with Crippen LogP contribution in [0.1, 0.15) is 27.6 Å². The third kappa shape index (κ3) is 5.10. The van der Waals surface area contributed by atoms with Crippen LogP contribution in [-0.4, -0.2) is 24.2 Å². The Balaban J connectivity index is 1.81. The summed E-state index contributed by atoms with van der Waals surface area (Å²) in [4.78, 5) is 34.8. The van der Waals surface area contributed by atoms with Crippen molar-refractivity contribution in [2.75, 3.05) is 6.61 Å². The molecule has 0 aliphatic heterocycles. The van der Waals surface area contributed by atoms with Crippen LogP contribution in [0.3, 0.4) is 0 Å². The standard InChI is InChI=1S/C17H15ClN2O4/c1-11(21)13-3-2-4-15(9-13)24-10-16(22)19-20-17(23)12-5-7-14(18)8-6-12/h2-9H,10H2,1H3,(H,19,22)(H,20,23). The van der Waals surface area contributed by atoms with Gasteiger partial charge in [-0.15, -0.1) is 0 Å². The summed E-state index contributed by atoms with van der Waals surface area (Å²) in [6, 6.07) is 12.7. The molecule has 2 N–H and O–H groups in total. The summed E-state index contributed by atoms with van der Waals surface area (Å²) in [7, 11) is 0. The number of carbonyl (C=O) groups is 3. The zero-order chi connectivity index (χ0) is 17.5. The third-order valence-corrected chi connectivity index (χ3v) is 3.28. The second-order valence-corrected chi connectivity index (χ2v) is 5.32.